The molecule has 0 saturated carbocycles. The Morgan fingerprint density at radius 3 is 2.91 bits per heavy atom. The van der Waals surface area contributed by atoms with Gasteiger partial charge >= 0.3 is 0 Å². The summed E-state index contributed by atoms with van der Waals surface area (Å²) >= 11 is 6.14. The zero-order valence-electron chi connectivity index (χ0n) is 18.7. The van der Waals surface area contributed by atoms with Gasteiger partial charge in [0, 0.05) is 49.0 Å². The Hall–Kier alpha value is -2.62. The van der Waals surface area contributed by atoms with Crippen molar-refractivity contribution in [1.82, 2.24) is 20.2 Å². The number of hydrogen-bond donors (Lipinski definition) is 3. The third kappa shape index (κ3) is 6.04. The van der Waals surface area contributed by atoms with Crippen LogP contribution in [-0.2, 0) is 0 Å². The van der Waals surface area contributed by atoms with E-state index in [0.29, 0.717) is 48.4 Å². The fourth-order valence-electron chi connectivity index (χ4n) is 4.19. The molecule has 178 valence electrons. The van der Waals surface area contributed by atoms with Crippen molar-refractivity contribution in [3.8, 4) is 11.5 Å². The Morgan fingerprint density at radius 2 is 2.09 bits per heavy atom. The number of anilines is 1. The van der Waals surface area contributed by atoms with E-state index in [2.05, 4.69) is 25.5 Å². The molecule has 0 aliphatic carbocycles. The van der Waals surface area contributed by atoms with Crippen molar-refractivity contribution in [3.63, 3.8) is 0 Å². The van der Waals surface area contributed by atoms with Crippen molar-refractivity contribution in [2.75, 3.05) is 51.3 Å². The topological polar surface area (TPSA) is 109 Å². The summed E-state index contributed by atoms with van der Waals surface area (Å²) < 4.78 is 11.2. The molecule has 1 fully saturated rings. The Bertz CT molecular complexity index is 976. The number of nitrogens with one attached hydrogen (secondary N) is 2. The Morgan fingerprint density at radius 1 is 1.27 bits per heavy atom. The zero-order valence-corrected chi connectivity index (χ0v) is 19.5. The first-order valence-corrected chi connectivity index (χ1v) is 11.7. The van der Waals surface area contributed by atoms with Gasteiger partial charge in [0.05, 0.1) is 17.4 Å². The normalized spacial score (nSPS) is 20.3. The first-order chi connectivity index (χ1) is 16.0. The van der Waals surface area contributed by atoms with Gasteiger partial charge in [0.25, 0.3) is 5.91 Å². The lowest BCUT2D eigenvalue weighted by Crippen LogP contribution is -2.48. The molecule has 4 rings (SSSR count). The molecule has 0 radical (unpaired) electrons. The highest BCUT2D eigenvalue weighted by molar-refractivity contribution is 6.31. The van der Waals surface area contributed by atoms with Crippen LogP contribution in [0.25, 0.3) is 0 Å². The maximum Gasteiger partial charge on any atom is 0.255 e. The van der Waals surface area contributed by atoms with Crippen LogP contribution in [0.5, 0.6) is 11.5 Å². The summed E-state index contributed by atoms with van der Waals surface area (Å²) in [5.41, 5.74) is 1.24. The van der Waals surface area contributed by atoms with Gasteiger partial charge in [-0.25, -0.2) is 4.98 Å². The van der Waals surface area contributed by atoms with Crippen molar-refractivity contribution in [3.05, 3.63) is 40.8 Å². The smallest absolute Gasteiger partial charge is 0.255 e. The number of rotatable bonds is 8. The second kappa shape index (κ2) is 11.0. The molecule has 1 saturated heterocycles. The molecule has 0 unspecified atom stereocenters. The summed E-state index contributed by atoms with van der Waals surface area (Å²) in [5, 5.41) is 17.3. The number of likely N-dealkylation sites (tertiary alicyclic amines) is 1. The van der Waals surface area contributed by atoms with Crippen molar-refractivity contribution < 1.29 is 19.4 Å². The van der Waals surface area contributed by atoms with E-state index in [9.17, 15) is 9.90 Å². The van der Waals surface area contributed by atoms with Gasteiger partial charge in [0.2, 0.25) is 0 Å². The molecule has 3 N–H and O–H groups in total. The average molecular weight is 476 g/mol. The minimum absolute atomic E-state index is 0.00209. The molecule has 10 heteroatoms. The number of nitrogens with zero attached hydrogens (tertiary/aromatic N) is 3. The van der Waals surface area contributed by atoms with E-state index < -0.39 is 6.10 Å². The first kappa shape index (κ1) is 23.5. The van der Waals surface area contributed by atoms with Crippen molar-refractivity contribution >= 4 is 23.3 Å². The molecule has 0 spiro atoms. The van der Waals surface area contributed by atoms with Crippen LogP contribution in [0.4, 0.5) is 5.82 Å². The van der Waals surface area contributed by atoms with Crippen LogP contribution >= 0.6 is 11.6 Å². The van der Waals surface area contributed by atoms with Crippen LogP contribution in [-0.4, -0.2) is 77.9 Å². The SMILES string of the molecule is Cc1nccnc1NCCCN1CC[C@@H](CNC(=O)c2cc(Cl)cc3c2OCCO3)[C@H](O)C1. The summed E-state index contributed by atoms with van der Waals surface area (Å²) in [6.07, 6.45) is 4.61. The lowest BCUT2D eigenvalue weighted by Gasteiger charge is -2.36. The van der Waals surface area contributed by atoms with Crippen molar-refractivity contribution in [2.24, 2.45) is 5.92 Å². The second-order valence-electron chi connectivity index (χ2n) is 8.37. The quantitative estimate of drug-likeness (QED) is 0.498. The van der Waals surface area contributed by atoms with Gasteiger partial charge in [-0.1, -0.05) is 11.6 Å². The molecular formula is C23H30ClN5O4. The molecule has 1 aromatic heterocycles. The number of aliphatic hydroxyl groups excluding tert-OH is 1. The molecule has 0 bridgehead atoms. The average Bonchev–Trinajstić information content (AvgIpc) is 2.81. The number of hydrogen-bond acceptors (Lipinski definition) is 8. The van der Waals surface area contributed by atoms with Crippen LogP contribution < -0.4 is 20.1 Å². The van der Waals surface area contributed by atoms with E-state index in [1.807, 2.05) is 6.92 Å². The molecule has 9 nitrogen and oxygen atoms in total. The minimum atomic E-state index is -0.498. The summed E-state index contributed by atoms with van der Waals surface area (Å²) in [6.45, 7) is 6.28. The molecule has 2 aromatic rings. The lowest BCUT2D eigenvalue weighted by molar-refractivity contribution is 0.0221. The van der Waals surface area contributed by atoms with E-state index in [4.69, 9.17) is 21.1 Å². The van der Waals surface area contributed by atoms with Crippen LogP contribution in [0.3, 0.4) is 0 Å². The third-order valence-corrected chi connectivity index (χ3v) is 6.22. The van der Waals surface area contributed by atoms with Gasteiger partial charge in [0.15, 0.2) is 11.5 Å². The highest BCUT2D eigenvalue weighted by Gasteiger charge is 2.29. The number of carbonyl (C=O) groups excluding carboxylic acids is 1. The number of aromatic nitrogens is 2. The maximum absolute atomic E-state index is 12.8. The summed E-state index contributed by atoms with van der Waals surface area (Å²) in [7, 11) is 0. The summed E-state index contributed by atoms with van der Waals surface area (Å²) in [5.74, 6) is 1.43. The van der Waals surface area contributed by atoms with Crippen LogP contribution in [0.2, 0.25) is 5.02 Å². The number of carbonyl (C=O) groups is 1. The van der Waals surface area contributed by atoms with Gasteiger partial charge < -0.3 is 30.1 Å². The van der Waals surface area contributed by atoms with Gasteiger partial charge in [0.1, 0.15) is 19.0 Å². The predicted molar refractivity (Wildman–Crippen MR) is 125 cm³/mol. The number of β-amino-alcohol motifs (C(OH)–C–C–N with tert-alkyl or cyclic N) is 1. The van der Waals surface area contributed by atoms with E-state index in [0.717, 1.165) is 44.0 Å². The molecule has 3 heterocycles. The fraction of sp³-hybridized carbons (Fsp3) is 0.522. The number of amides is 1. The lowest BCUT2D eigenvalue weighted by atomic mass is 9.93. The minimum Gasteiger partial charge on any atom is -0.486 e. The maximum atomic E-state index is 12.8. The number of ether oxygens (including phenoxy) is 2. The summed E-state index contributed by atoms with van der Waals surface area (Å²) in [6, 6.07) is 3.23. The number of piperidine rings is 1. The number of aryl methyl sites for hydroxylation is 1. The number of halogens is 1. The molecule has 33 heavy (non-hydrogen) atoms. The van der Waals surface area contributed by atoms with Crippen LogP contribution in [0.15, 0.2) is 24.5 Å². The van der Waals surface area contributed by atoms with Gasteiger partial charge in [-0.05, 0) is 38.9 Å². The number of fused-ring (bicyclic) bond motifs is 1. The highest BCUT2D eigenvalue weighted by Crippen LogP contribution is 2.36. The van der Waals surface area contributed by atoms with Gasteiger partial charge in [-0.15, -0.1) is 0 Å². The molecule has 1 amide bonds. The van der Waals surface area contributed by atoms with E-state index in [1.54, 1.807) is 24.5 Å². The van der Waals surface area contributed by atoms with Crippen LogP contribution in [0, 0.1) is 12.8 Å². The molecule has 2 aliphatic rings. The molecule has 2 aliphatic heterocycles. The third-order valence-electron chi connectivity index (χ3n) is 6.01. The number of benzene rings is 1. The monoisotopic (exact) mass is 475 g/mol. The second-order valence-corrected chi connectivity index (χ2v) is 8.81. The van der Waals surface area contributed by atoms with E-state index >= 15 is 0 Å². The molecule has 1 aromatic carbocycles. The standard InChI is InChI=1S/C23H30ClN5O4/c1-15-22(27-6-5-25-15)26-4-2-7-29-8-3-16(19(30)14-29)13-28-23(31)18-11-17(24)12-20-21(18)33-10-9-32-20/h5-6,11-12,16,19,30H,2-4,7-10,13-14H2,1H3,(H,26,27)(H,28,31)/t16-,19+/m0/s1. The van der Waals surface area contributed by atoms with Crippen molar-refractivity contribution in [1.29, 1.82) is 0 Å². The number of aliphatic hydroxyl groups is 1. The predicted octanol–water partition coefficient (Wildman–Crippen LogP) is 2.12. The Balaban J connectivity index is 1.21. The fourth-order valence-corrected chi connectivity index (χ4v) is 4.39. The first-order valence-electron chi connectivity index (χ1n) is 11.3. The Labute approximate surface area is 198 Å². The molecular weight excluding hydrogens is 446 g/mol. The largest absolute Gasteiger partial charge is 0.486 e. The van der Waals surface area contributed by atoms with Crippen LogP contribution in [0.1, 0.15) is 28.9 Å². The Kier molecular flexibility index (Phi) is 7.85. The van der Waals surface area contributed by atoms with Crippen molar-refractivity contribution in [2.45, 2.75) is 25.9 Å². The van der Waals surface area contributed by atoms with Gasteiger partial charge in [-0.2, -0.15) is 0 Å². The van der Waals surface area contributed by atoms with E-state index in [1.165, 1.54) is 0 Å². The van der Waals surface area contributed by atoms with E-state index in [-0.39, 0.29) is 11.8 Å². The molecule has 2 atom stereocenters. The van der Waals surface area contributed by atoms with Gasteiger partial charge in [-0.3, -0.25) is 9.78 Å². The summed E-state index contributed by atoms with van der Waals surface area (Å²) in [4.78, 5) is 23.5. The zero-order chi connectivity index (χ0) is 23.2. The highest BCUT2D eigenvalue weighted by atomic mass is 35.5.